The van der Waals surface area contributed by atoms with E-state index in [0.717, 1.165) is 25.7 Å². The second kappa shape index (κ2) is 10.7. The van der Waals surface area contributed by atoms with Crippen LogP contribution >= 0.6 is 0 Å². The van der Waals surface area contributed by atoms with Crippen LogP contribution in [0.2, 0.25) is 0 Å². The lowest BCUT2D eigenvalue weighted by Gasteiger charge is -2.32. The van der Waals surface area contributed by atoms with Gasteiger partial charge in [0.15, 0.2) is 0 Å². The number of rotatable bonds is 6. The molecule has 0 radical (unpaired) electrons. The molecule has 1 saturated heterocycles. The average Bonchev–Trinajstić information content (AvgIpc) is 2.78. The van der Waals surface area contributed by atoms with Crippen LogP contribution in [0, 0.1) is 0 Å². The summed E-state index contributed by atoms with van der Waals surface area (Å²) in [4.78, 5) is 24.0. The number of hydrogen-bond acceptors (Lipinski definition) is 4. The van der Waals surface area contributed by atoms with Crippen molar-refractivity contribution in [2.45, 2.75) is 68.1 Å². The first-order valence-corrected chi connectivity index (χ1v) is 12.5. The molecular formula is C21H29F3N4O4S. The van der Waals surface area contributed by atoms with E-state index in [0.29, 0.717) is 12.8 Å². The Labute approximate surface area is 191 Å². The zero-order valence-corrected chi connectivity index (χ0v) is 19.0. The summed E-state index contributed by atoms with van der Waals surface area (Å²) in [6.07, 6.45) is 1.78. The smallest absolute Gasteiger partial charge is 0.343 e. The van der Waals surface area contributed by atoms with Crippen LogP contribution in [0.25, 0.3) is 0 Å². The number of piperidine rings is 1. The van der Waals surface area contributed by atoms with Crippen LogP contribution in [0.3, 0.4) is 0 Å². The minimum atomic E-state index is -4.53. The predicted octanol–water partition coefficient (Wildman–Crippen LogP) is 2.76. The third kappa shape index (κ3) is 7.32. The van der Waals surface area contributed by atoms with Gasteiger partial charge in [-0.3, -0.25) is 4.79 Å². The molecule has 33 heavy (non-hydrogen) atoms. The third-order valence-electron chi connectivity index (χ3n) is 5.93. The molecule has 1 aliphatic carbocycles. The molecule has 3 N–H and O–H groups in total. The first kappa shape index (κ1) is 25.3. The van der Waals surface area contributed by atoms with Gasteiger partial charge in [-0.15, -0.1) is 0 Å². The molecule has 1 aromatic carbocycles. The first-order chi connectivity index (χ1) is 15.5. The number of urea groups is 1. The maximum absolute atomic E-state index is 12.9. The number of amides is 3. The van der Waals surface area contributed by atoms with Gasteiger partial charge in [-0.25, -0.2) is 13.2 Å². The van der Waals surface area contributed by atoms with Gasteiger partial charge in [-0.05, 0) is 49.9 Å². The number of nitrogens with one attached hydrogen (secondary N) is 3. The Hall–Kier alpha value is -2.34. The van der Waals surface area contributed by atoms with Crippen LogP contribution < -0.4 is 16.0 Å². The van der Waals surface area contributed by atoms with Crippen molar-refractivity contribution in [3.8, 4) is 0 Å². The Morgan fingerprint density at radius 2 is 1.45 bits per heavy atom. The van der Waals surface area contributed by atoms with Crippen molar-refractivity contribution in [2.24, 2.45) is 0 Å². The van der Waals surface area contributed by atoms with Crippen LogP contribution in [0.5, 0.6) is 0 Å². The van der Waals surface area contributed by atoms with E-state index >= 15 is 0 Å². The Morgan fingerprint density at radius 3 is 2.00 bits per heavy atom. The van der Waals surface area contributed by atoms with Gasteiger partial charge in [0.1, 0.15) is 6.54 Å². The summed E-state index contributed by atoms with van der Waals surface area (Å²) in [5, 5.41) is 7.66. The van der Waals surface area contributed by atoms with E-state index in [9.17, 15) is 31.2 Å². The van der Waals surface area contributed by atoms with Crippen LogP contribution in [0.1, 0.15) is 55.3 Å². The van der Waals surface area contributed by atoms with E-state index in [1.807, 2.05) is 0 Å². The predicted molar refractivity (Wildman–Crippen MR) is 115 cm³/mol. The summed E-state index contributed by atoms with van der Waals surface area (Å²) in [6, 6.07) is 4.63. The summed E-state index contributed by atoms with van der Waals surface area (Å²) in [7, 11) is -3.82. The molecule has 12 heteroatoms. The van der Waals surface area contributed by atoms with Gasteiger partial charge in [0.25, 0.3) is 5.91 Å². The molecule has 1 aromatic rings. The van der Waals surface area contributed by atoms with E-state index in [-0.39, 0.29) is 41.7 Å². The zero-order chi connectivity index (χ0) is 24.1. The highest BCUT2D eigenvalue weighted by Crippen LogP contribution is 2.22. The molecule has 0 unspecified atom stereocenters. The van der Waals surface area contributed by atoms with Crippen molar-refractivity contribution in [3.05, 3.63) is 29.8 Å². The van der Waals surface area contributed by atoms with E-state index in [1.54, 1.807) is 5.32 Å². The van der Waals surface area contributed by atoms with Crippen molar-refractivity contribution in [2.75, 3.05) is 19.6 Å². The van der Waals surface area contributed by atoms with E-state index in [4.69, 9.17) is 0 Å². The fourth-order valence-electron chi connectivity index (χ4n) is 4.11. The normalized spacial score (nSPS) is 19.1. The van der Waals surface area contributed by atoms with Crippen molar-refractivity contribution >= 4 is 22.0 Å². The Bertz CT molecular complexity index is 924. The second-order valence-electron chi connectivity index (χ2n) is 8.45. The maximum atomic E-state index is 12.9. The number of benzene rings is 1. The monoisotopic (exact) mass is 490 g/mol. The third-order valence-corrected chi connectivity index (χ3v) is 7.85. The zero-order valence-electron chi connectivity index (χ0n) is 18.2. The first-order valence-electron chi connectivity index (χ1n) is 11.1. The van der Waals surface area contributed by atoms with E-state index < -0.39 is 28.7 Å². The largest absolute Gasteiger partial charge is 0.405 e. The lowest BCUT2D eigenvalue weighted by atomic mass is 9.96. The number of carbonyl (C=O) groups excluding carboxylic acids is 2. The summed E-state index contributed by atoms with van der Waals surface area (Å²) in [5.74, 6) is -0.935. The van der Waals surface area contributed by atoms with Crippen LogP contribution in [-0.2, 0) is 10.0 Å². The van der Waals surface area contributed by atoms with Crippen molar-refractivity contribution < 1.29 is 31.2 Å². The molecule has 0 aromatic heterocycles. The molecule has 0 bridgehead atoms. The molecule has 3 rings (SSSR count). The number of nitrogens with zero attached hydrogens (tertiary/aromatic N) is 1. The highest BCUT2D eigenvalue weighted by Gasteiger charge is 2.31. The summed E-state index contributed by atoms with van der Waals surface area (Å²) >= 11 is 0. The standard InChI is InChI=1S/C21H29F3N4O4S/c22-21(23,24)14-25-19(29)15-6-8-18(9-7-15)33(31,32)28-12-10-17(11-13-28)27-20(30)26-16-4-2-1-3-5-16/h6-9,16-17H,1-5,10-14H2,(H,25,29)(H2,26,27,30). The molecule has 1 aliphatic heterocycles. The molecule has 1 heterocycles. The van der Waals surface area contributed by atoms with E-state index in [1.165, 1.54) is 35.0 Å². The minimum Gasteiger partial charge on any atom is -0.343 e. The lowest BCUT2D eigenvalue weighted by Crippen LogP contribution is -2.51. The molecular weight excluding hydrogens is 461 g/mol. The van der Waals surface area contributed by atoms with Gasteiger partial charge < -0.3 is 16.0 Å². The van der Waals surface area contributed by atoms with Crippen molar-refractivity contribution in [3.63, 3.8) is 0 Å². The molecule has 2 aliphatic rings. The molecule has 8 nitrogen and oxygen atoms in total. The van der Waals surface area contributed by atoms with Crippen molar-refractivity contribution in [1.82, 2.24) is 20.3 Å². The minimum absolute atomic E-state index is 0.0451. The molecule has 1 saturated carbocycles. The van der Waals surface area contributed by atoms with Gasteiger partial charge in [0.2, 0.25) is 10.0 Å². The molecule has 2 fully saturated rings. The van der Waals surface area contributed by atoms with Crippen LogP contribution in [0.15, 0.2) is 29.2 Å². The summed E-state index contributed by atoms with van der Waals surface area (Å²) < 4.78 is 63.8. The van der Waals surface area contributed by atoms with Gasteiger partial charge in [-0.2, -0.15) is 17.5 Å². The Balaban J connectivity index is 1.50. The van der Waals surface area contributed by atoms with Gasteiger partial charge in [-0.1, -0.05) is 19.3 Å². The SMILES string of the molecule is O=C(NC1CCCCC1)NC1CCN(S(=O)(=O)c2ccc(C(=O)NCC(F)(F)F)cc2)CC1. The van der Waals surface area contributed by atoms with Gasteiger partial charge >= 0.3 is 12.2 Å². The van der Waals surface area contributed by atoms with Crippen LogP contribution in [0.4, 0.5) is 18.0 Å². The molecule has 3 amide bonds. The topological polar surface area (TPSA) is 108 Å². The van der Waals surface area contributed by atoms with E-state index in [2.05, 4.69) is 10.6 Å². The number of halogens is 3. The summed E-state index contributed by atoms with van der Waals surface area (Å²) in [5.41, 5.74) is -0.0647. The number of sulfonamides is 1. The average molecular weight is 491 g/mol. The lowest BCUT2D eigenvalue weighted by molar-refractivity contribution is -0.123. The fraction of sp³-hybridized carbons (Fsp3) is 0.619. The second-order valence-corrected chi connectivity index (χ2v) is 10.4. The molecule has 0 atom stereocenters. The highest BCUT2D eigenvalue weighted by molar-refractivity contribution is 7.89. The number of hydrogen-bond donors (Lipinski definition) is 3. The Morgan fingerprint density at radius 1 is 0.909 bits per heavy atom. The van der Waals surface area contributed by atoms with Gasteiger partial charge in [0, 0.05) is 30.7 Å². The number of alkyl halides is 3. The van der Waals surface area contributed by atoms with Crippen LogP contribution in [-0.4, -0.2) is 62.6 Å². The fourth-order valence-corrected chi connectivity index (χ4v) is 5.58. The quantitative estimate of drug-likeness (QED) is 0.570. The Kier molecular flexibility index (Phi) is 8.22. The van der Waals surface area contributed by atoms with Gasteiger partial charge in [0.05, 0.1) is 4.90 Å². The number of carbonyl (C=O) groups is 2. The maximum Gasteiger partial charge on any atom is 0.405 e. The highest BCUT2D eigenvalue weighted by atomic mass is 32.2. The molecule has 184 valence electrons. The summed E-state index contributed by atoms with van der Waals surface area (Å²) in [6.45, 7) is -1.01. The molecule has 0 spiro atoms. The van der Waals surface area contributed by atoms with Crippen molar-refractivity contribution in [1.29, 1.82) is 0 Å².